The highest BCUT2D eigenvalue weighted by atomic mass is 14.9. The first kappa shape index (κ1) is 17.2. The van der Waals surface area contributed by atoms with Crippen LogP contribution in [0.2, 0.25) is 0 Å². The van der Waals surface area contributed by atoms with Crippen LogP contribution >= 0.6 is 0 Å². The van der Waals surface area contributed by atoms with Gasteiger partial charge in [-0.05, 0) is 25.8 Å². The number of unbranched alkanes of at least 4 members (excludes halogenated alkanes) is 9. The molecule has 1 heterocycles. The summed E-state index contributed by atoms with van der Waals surface area (Å²) in [4.78, 5) is 0. The number of nitrogens with zero attached hydrogens (tertiary/aromatic N) is 1. The largest absolute Gasteiger partial charge is 0.205 e. The standard InChI is InChI=1S/C19H34N/c1-4-5-6-7-8-9-10-11-12-13-15-20-16-14-18(2)19(3)17-20/h14,16-17H,4-13,15H2,1-3H3/q+1. The molecule has 1 aromatic heterocycles. The van der Waals surface area contributed by atoms with Gasteiger partial charge in [0.1, 0.15) is 6.54 Å². The molecule has 0 aliphatic carbocycles. The van der Waals surface area contributed by atoms with Crippen molar-refractivity contribution in [1.82, 2.24) is 0 Å². The van der Waals surface area contributed by atoms with Crippen LogP contribution in [0.1, 0.15) is 82.3 Å². The molecule has 0 atom stereocenters. The molecular weight excluding hydrogens is 242 g/mol. The molecule has 20 heavy (non-hydrogen) atoms. The number of aryl methyl sites for hydroxylation is 3. The van der Waals surface area contributed by atoms with Crippen LogP contribution in [0.3, 0.4) is 0 Å². The van der Waals surface area contributed by atoms with Gasteiger partial charge in [0.2, 0.25) is 0 Å². The maximum atomic E-state index is 2.34. The van der Waals surface area contributed by atoms with Gasteiger partial charge in [0.25, 0.3) is 0 Å². The van der Waals surface area contributed by atoms with Gasteiger partial charge in [-0.1, -0.05) is 58.3 Å². The van der Waals surface area contributed by atoms with Crippen molar-refractivity contribution in [3.05, 3.63) is 29.6 Å². The van der Waals surface area contributed by atoms with E-state index in [1.165, 1.54) is 81.9 Å². The van der Waals surface area contributed by atoms with Crippen LogP contribution in [0, 0.1) is 13.8 Å². The van der Waals surface area contributed by atoms with Crippen molar-refractivity contribution in [3.8, 4) is 0 Å². The molecule has 0 aliphatic rings. The van der Waals surface area contributed by atoms with Crippen molar-refractivity contribution in [2.24, 2.45) is 0 Å². The molecule has 0 unspecified atom stereocenters. The summed E-state index contributed by atoms with van der Waals surface area (Å²) in [6, 6.07) is 2.23. The minimum atomic E-state index is 1.18. The molecule has 0 N–H and O–H groups in total. The fourth-order valence-corrected chi connectivity index (χ4v) is 2.65. The number of pyridine rings is 1. The monoisotopic (exact) mass is 276 g/mol. The zero-order valence-corrected chi connectivity index (χ0v) is 14.0. The van der Waals surface area contributed by atoms with Crippen molar-refractivity contribution in [2.75, 3.05) is 0 Å². The predicted octanol–water partition coefficient (Wildman–Crippen LogP) is 5.51. The number of aromatic nitrogens is 1. The van der Waals surface area contributed by atoms with Crippen LogP contribution in [0.25, 0.3) is 0 Å². The number of rotatable bonds is 11. The summed E-state index contributed by atoms with van der Waals surface area (Å²) in [5, 5.41) is 0. The van der Waals surface area contributed by atoms with E-state index in [2.05, 4.69) is 43.8 Å². The van der Waals surface area contributed by atoms with Crippen molar-refractivity contribution in [2.45, 2.75) is 91.5 Å². The second kappa shape index (κ2) is 10.9. The topological polar surface area (TPSA) is 3.88 Å². The zero-order valence-electron chi connectivity index (χ0n) is 14.0. The summed E-state index contributed by atoms with van der Waals surface area (Å²) in [6.07, 6.45) is 18.6. The van der Waals surface area contributed by atoms with Crippen LogP contribution in [0.4, 0.5) is 0 Å². The van der Waals surface area contributed by atoms with E-state index in [0.717, 1.165) is 0 Å². The molecular formula is C19H34N+. The molecule has 0 aromatic carbocycles. The van der Waals surface area contributed by atoms with E-state index < -0.39 is 0 Å². The maximum Gasteiger partial charge on any atom is 0.171 e. The zero-order chi connectivity index (χ0) is 14.6. The Morgan fingerprint density at radius 1 is 0.750 bits per heavy atom. The van der Waals surface area contributed by atoms with E-state index in [1.807, 2.05) is 0 Å². The van der Waals surface area contributed by atoms with E-state index in [4.69, 9.17) is 0 Å². The predicted molar refractivity (Wildman–Crippen MR) is 88.0 cm³/mol. The SMILES string of the molecule is CCCCCCCCCCCC[n+]1ccc(C)c(C)c1. The smallest absolute Gasteiger partial charge is 0.171 e. The van der Waals surface area contributed by atoms with Gasteiger partial charge in [0, 0.05) is 18.1 Å². The second-order valence-corrected chi connectivity index (χ2v) is 6.23. The molecule has 0 bridgehead atoms. The normalized spacial score (nSPS) is 10.9. The van der Waals surface area contributed by atoms with Crippen molar-refractivity contribution >= 4 is 0 Å². The van der Waals surface area contributed by atoms with Crippen molar-refractivity contribution in [1.29, 1.82) is 0 Å². The summed E-state index contributed by atoms with van der Waals surface area (Å²) in [7, 11) is 0. The molecule has 114 valence electrons. The lowest BCUT2D eigenvalue weighted by Crippen LogP contribution is -2.33. The van der Waals surface area contributed by atoms with Crippen LogP contribution in [0.5, 0.6) is 0 Å². The van der Waals surface area contributed by atoms with Gasteiger partial charge in [-0.2, -0.15) is 0 Å². The van der Waals surface area contributed by atoms with Gasteiger partial charge in [-0.3, -0.25) is 0 Å². The fourth-order valence-electron chi connectivity index (χ4n) is 2.65. The highest BCUT2D eigenvalue weighted by Crippen LogP contribution is 2.10. The lowest BCUT2D eigenvalue weighted by atomic mass is 10.1. The molecule has 0 amide bonds. The molecule has 1 nitrogen and oxygen atoms in total. The average Bonchev–Trinajstić information content (AvgIpc) is 2.45. The molecule has 0 fully saturated rings. The number of hydrogen-bond donors (Lipinski definition) is 0. The van der Waals surface area contributed by atoms with Gasteiger partial charge >= 0.3 is 0 Å². The first-order valence-electron chi connectivity index (χ1n) is 8.70. The summed E-state index contributed by atoms with van der Waals surface area (Å²) in [6.45, 7) is 7.84. The van der Waals surface area contributed by atoms with Crippen molar-refractivity contribution < 1.29 is 4.57 Å². The molecule has 0 saturated carbocycles. The van der Waals surface area contributed by atoms with E-state index in [-0.39, 0.29) is 0 Å². The summed E-state index contributed by atoms with van der Waals surface area (Å²) in [5.41, 5.74) is 2.80. The van der Waals surface area contributed by atoms with Gasteiger partial charge < -0.3 is 0 Å². The Balaban J connectivity index is 1.95. The molecule has 0 saturated heterocycles. The third-order valence-corrected chi connectivity index (χ3v) is 4.27. The second-order valence-electron chi connectivity index (χ2n) is 6.23. The van der Waals surface area contributed by atoms with E-state index in [0.29, 0.717) is 0 Å². The third kappa shape index (κ3) is 7.67. The summed E-state index contributed by atoms with van der Waals surface area (Å²) in [5.74, 6) is 0. The summed E-state index contributed by atoms with van der Waals surface area (Å²) < 4.78 is 2.34. The first-order chi connectivity index (χ1) is 9.74. The number of hydrogen-bond acceptors (Lipinski definition) is 0. The van der Waals surface area contributed by atoms with E-state index in [9.17, 15) is 0 Å². The van der Waals surface area contributed by atoms with Crippen molar-refractivity contribution in [3.63, 3.8) is 0 Å². The summed E-state index contributed by atoms with van der Waals surface area (Å²) >= 11 is 0. The Morgan fingerprint density at radius 3 is 1.85 bits per heavy atom. The molecule has 1 aromatic rings. The molecule has 0 aliphatic heterocycles. The Hall–Kier alpha value is -0.850. The van der Waals surface area contributed by atoms with E-state index in [1.54, 1.807) is 0 Å². The molecule has 1 heteroatoms. The quantitative estimate of drug-likeness (QED) is 0.370. The lowest BCUT2D eigenvalue weighted by molar-refractivity contribution is -0.697. The first-order valence-corrected chi connectivity index (χ1v) is 8.70. The average molecular weight is 276 g/mol. The Morgan fingerprint density at radius 2 is 1.30 bits per heavy atom. The Bertz CT molecular complexity index is 357. The van der Waals surface area contributed by atoms with Gasteiger partial charge in [-0.25, -0.2) is 4.57 Å². The van der Waals surface area contributed by atoms with Gasteiger partial charge in [-0.15, -0.1) is 0 Å². The van der Waals surface area contributed by atoms with E-state index >= 15 is 0 Å². The Kier molecular flexibility index (Phi) is 9.36. The maximum absolute atomic E-state index is 2.34. The van der Waals surface area contributed by atoms with Crippen LogP contribution in [-0.4, -0.2) is 0 Å². The highest BCUT2D eigenvalue weighted by molar-refractivity contribution is 5.16. The van der Waals surface area contributed by atoms with Gasteiger partial charge in [0.15, 0.2) is 12.4 Å². The highest BCUT2D eigenvalue weighted by Gasteiger charge is 2.02. The molecule has 0 spiro atoms. The molecule has 1 rings (SSSR count). The minimum absolute atomic E-state index is 1.18. The van der Waals surface area contributed by atoms with Gasteiger partial charge in [0.05, 0.1) is 0 Å². The van der Waals surface area contributed by atoms with Crippen LogP contribution < -0.4 is 4.57 Å². The molecule has 0 radical (unpaired) electrons. The van der Waals surface area contributed by atoms with Crippen LogP contribution in [-0.2, 0) is 6.54 Å². The lowest BCUT2D eigenvalue weighted by Gasteiger charge is -2.02. The Labute approximate surface area is 126 Å². The fraction of sp³-hybridized carbons (Fsp3) is 0.737. The van der Waals surface area contributed by atoms with Crippen LogP contribution in [0.15, 0.2) is 18.5 Å². The minimum Gasteiger partial charge on any atom is -0.205 e. The third-order valence-electron chi connectivity index (χ3n) is 4.27.